The summed E-state index contributed by atoms with van der Waals surface area (Å²) >= 11 is 0. The van der Waals surface area contributed by atoms with Crippen molar-refractivity contribution in [2.45, 2.75) is 18.9 Å². The van der Waals surface area contributed by atoms with Crippen molar-refractivity contribution >= 4 is 28.7 Å². The lowest BCUT2D eigenvalue weighted by atomic mass is 9.83. The summed E-state index contributed by atoms with van der Waals surface area (Å²) in [6, 6.07) is 17.1. The fourth-order valence-electron chi connectivity index (χ4n) is 3.98. The molecule has 4 aromatic rings. The van der Waals surface area contributed by atoms with Crippen LogP contribution in [0.1, 0.15) is 30.0 Å². The molecule has 7 nitrogen and oxygen atoms in total. The summed E-state index contributed by atoms with van der Waals surface area (Å²) in [6.07, 6.45) is 4.04. The van der Waals surface area contributed by atoms with Crippen LogP contribution in [0.4, 0.5) is 5.82 Å². The number of ether oxygens (including phenoxy) is 1. The summed E-state index contributed by atoms with van der Waals surface area (Å²) in [7, 11) is 0. The molecule has 2 N–H and O–H groups in total. The lowest BCUT2D eigenvalue weighted by Crippen LogP contribution is -2.23. The third-order valence-electron chi connectivity index (χ3n) is 5.44. The number of aldehydes is 1. The molecule has 0 aliphatic carbocycles. The monoisotopic (exact) mass is 397 g/mol. The zero-order valence-corrected chi connectivity index (χ0v) is 16.3. The molecule has 1 aliphatic rings. The van der Waals surface area contributed by atoms with E-state index in [1.54, 1.807) is 10.9 Å². The highest BCUT2D eigenvalue weighted by molar-refractivity contribution is 5.90. The van der Waals surface area contributed by atoms with Gasteiger partial charge >= 0.3 is 0 Å². The summed E-state index contributed by atoms with van der Waals surface area (Å²) in [6.45, 7) is 1.97. The Hall–Kier alpha value is -4.00. The van der Waals surface area contributed by atoms with Crippen LogP contribution in [-0.4, -0.2) is 26.0 Å². The Balaban J connectivity index is 1.74. The zero-order chi connectivity index (χ0) is 20.7. The second-order valence-electron chi connectivity index (χ2n) is 7.16. The number of rotatable bonds is 4. The molecule has 0 amide bonds. The lowest BCUT2D eigenvalue weighted by molar-refractivity contribution is -0.108. The summed E-state index contributed by atoms with van der Waals surface area (Å²) in [5, 5.41) is 5.17. The third kappa shape index (κ3) is 2.75. The molecular formula is C23H19N5O2. The van der Waals surface area contributed by atoms with Crippen molar-refractivity contribution in [2.75, 3.05) is 5.73 Å². The van der Waals surface area contributed by atoms with Gasteiger partial charge in [-0.3, -0.25) is 0 Å². The van der Waals surface area contributed by atoms with Crippen LogP contribution >= 0.6 is 0 Å². The van der Waals surface area contributed by atoms with Gasteiger partial charge in [0.25, 0.3) is 0 Å². The Labute approximate surface area is 172 Å². The average molecular weight is 397 g/mol. The van der Waals surface area contributed by atoms with Crippen molar-refractivity contribution in [3.8, 4) is 5.75 Å². The van der Waals surface area contributed by atoms with E-state index >= 15 is 0 Å². The first-order valence-corrected chi connectivity index (χ1v) is 9.64. The van der Waals surface area contributed by atoms with Crippen molar-refractivity contribution in [3.05, 3.63) is 84.0 Å². The number of hydrogen-bond acceptors (Lipinski definition) is 6. The molecule has 0 radical (unpaired) electrons. The van der Waals surface area contributed by atoms with Gasteiger partial charge in [-0.2, -0.15) is 5.10 Å². The number of nitrogen functional groups attached to an aromatic ring is 1. The molecule has 2 unspecified atom stereocenters. The summed E-state index contributed by atoms with van der Waals surface area (Å²) in [5.74, 6) is 1.24. The predicted molar refractivity (Wildman–Crippen MR) is 114 cm³/mol. The SMILES string of the molecule is CC(C1=C(c2ccccc2)C(C=O)c2ccccc2O1)n1ncc2c(N)ncnc21. The smallest absolute Gasteiger partial charge is 0.163 e. The molecule has 30 heavy (non-hydrogen) atoms. The standard InChI is InChI=1S/C23H19N5O2/c1-14(28-23-17(11-27-28)22(24)25-13-26-23)21-20(15-7-3-2-4-8-15)18(12-29)16-9-5-6-10-19(16)30-21/h2-14,18H,1H3,(H2,24,25,26). The maximum Gasteiger partial charge on any atom is 0.163 e. The van der Waals surface area contributed by atoms with Gasteiger partial charge in [-0.25, -0.2) is 14.6 Å². The van der Waals surface area contributed by atoms with Crippen LogP contribution in [0.25, 0.3) is 16.6 Å². The van der Waals surface area contributed by atoms with Gasteiger partial charge in [-0.05, 0) is 18.6 Å². The number of carbonyl (C=O) groups excluding carboxylic acids is 1. The zero-order valence-electron chi connectivity index (χ0n) is 16.3. The maximum absolute atomic E-state index is 12.3. The molecule has 7 heteroatoms. The van der Waals surface area contributed by atoms with Crippen molar-refractivity contribution in [1.29, 1.82) is 0 Å². The molecule has 5 rings (SSSR count). The summed E-state index contributed by atoms with van der Waals surface area (Å²) in [4.78, 5) is 20.7. The Morgan fingerprint density at radius 1 is 1.10 bits per heavy atom. The number of carbonyl (C=O) groups is 1. The van der Waals surface area contributed by atoms with Crippen LogP contribution in [-0.2, 0) is 4.79 Å². The van der Waals surface area contributed by atoms with Gasteiger partial charge < -0.3 is 15.3 Å². The highest BCUT2D eigenvalue weighted by Crippen LogP contribution is 2.45. The number of benzene rings is 2. The number of hydrogen-bond donors (Lipinski definition) is 1. The van der Waals surface area contributed by atoms with E-state index in [0.29, 0.717) is 28.4 Å². The van der Waals surface area contributed by atoms with E-state index in [9.17, 15) is 4.79 Å². The van der Waals surface area contributed by atoms with Crippen molar-refractivity contribution in [2.24, 2.45) is 0 Å². The van der Waals surface area contributed by atoms with Gasteiger partial charge in [-0.15, -0.1) is 0 Å². The first-order chi connectivity index (χ1) is 14.7. The van der Waals surface area contributed by atoms with Crippen molar-refractivity contribution in [3.63, 3.8) is 0 Å². The van der Waals surface area contributed by atoms with Crippen molar-refractivity contribution < 1.29 is 9.53 Å². The molecule has 0 bridgehead atoms. The minimum absolute atomic E-state index is 0.331. The van der Waals surface area contributed by atoms with E-state index in [2.05, 4.69) is 15.1 Å². The predicted octanol–water partition coefficient (Wildman–Crippen LogP) is 3.76. The lowest BCUT2D eigenvalue weighted by Gasteiger charge is -2.31. The molecule has 2 atom stereocenters. The number of fused-ring (bicyclic) bond motifs is 2. The quantitative estimate of drug-likeness (QED) is 0.527. The number of allylic oxidation sites excluding steroid dienone is 2. The van der Waals surface area contributed by atoms with E-state index in [1.807, 2.05) is 61.5 Å². The fourth-order valence-corrected chi connectivity index (χ4v) is 3.98. The van der Waals surface area contributed by atoms with E-state index in [4.69, 9.17) is 10.5 Å². The molecule has 1 aliphatic heterocycles. The molecule has 3 heterocycles. The second kappa shape index (κ2) is 7.11. The molecule has 0 saturated carbocycles. The van der Waals surface area contributed by atoms with E-state index < -0.39 is 5.92 Å². The van der Waals surface area contributed by atoms with E-state index in [0.717, 1.165) is 23.0 Å². The highest BCUT2D eigenvalue weighted by atomic mass is 16.5. The van der Waals surface area contributed by atoms with Crippen LogP contribution in [0.3, 0.4) is 0 Å². The summed E-state index contributed by atoms with van der Waals surface area (Å²) in [5.41, 5.74) is 9.19. The van der Waals surface area contributed by atoms with Crippen LogP contribution < -0.4 is 10.5 Å². The van der Waals surface area contributed by atoms with Crippen LogP contribution in [0.5, 0.6) is 5.75 Å². The van der Waals surface area contributed by atoms with Gasteiger partial charge in [-0.1, -0.05) is 48.5 Å². The number of para-hydroxylation sites is 1. The molecule has 148 valence electrons. The largest absolute Gasteiger partial charge is 0.459 e. The van der Waals surface area contributed by atoms with Gasteiger partial charge in [0.2, 0.25) is 0 Å². The minimum atomic E-state index is -0.448. The second-order valence-corrected chi connectivity index (χ2v) is 7.16. The molecule has 0 spiro atoms. The minimum Gasteiger partial charge on any atom is -0.459 e. The average Bonchev–Trinajstić information content (AvgIpc) is 3.23. The highest BCUT2D eigenvalue weighted by Gasteiger charge is 2.34. The molecule has 2 aromatic heterocycles. The van der Waals surface area contributed by atoms with Gasteiger partial charge in [0.15, 0.2) is 5.65 Å². The van der Waals surface area contributed by atoms with Crippen LogP contribution in [0, 0.1) is 0 Å². The number of nitrogens with two attached hydrogens (primary N) is 1. The van der Waals surface area contributed by atoms with Crippen LogP contribution in [0.15, 0.2) is 72.9 Å². The van der Waals surface area contributed by atoms with E-state index in [-0.39, 0.29) is 6.04 Å². The van der Waals surface area contributed by atoms with Gasteiger partial charge in [0.1, 0.15) is 36.0 Å². The molecular weight excluding hydrogens is 378 g/mol. The van der Waals surface area contributed by atoms with Crippen LogP contribution in [0.2, 0.25) is 0 Å². The Morgan fingerprint density at radius 3 is 2.67 bits per heavy atom. The van der Waals surface area contributed by atoms with E-state index in [1.165, 1.54) is 6.33 Å². The van der Waals surface area contributed by atoms with Gasteiger partial charge in [0, 0.05) is 11.1 Å². The first-order valence-electron chi connectivity index (χ1n) is 9.64. The van der Waals surface area contributed by atoms with Crippen molar-refractivity contribution in [1.82, 2.24) is 19.7 Å². The first kappa shape index (κ1) is 18.1. The number of nitrogens with zero attached hydrogens (tertiary/aromatic N) is 4. The summed E-state index contributed by atoms with van der Waals surface area (Å²) < 4.78 is 8.13. The van der Waals surface area contributed by atoms with Gasteiger partial charge in [0.05, 0.1) is 17.5 Å². The molecule has 2 aromatic carbocycles. The third-order valence-corrected chi connectivity index (χ3v) is 5.44. The molecule has 0 saturated heterocycles. The fraction of sp³-hybridized carbons (Fsp3) is 0.130. The number of anilines is 1. The molecule has 0 fully saturated rings. The number of aromatic nitrogens is 4. The Bertz CT molecular complexity index is 1280. The Kier molecular flexibility index (Phi) is 4.28. The topological polar surface area (TPSA) is 95.9 Å². The Morgan fingerprint density at radius 2 is 1.87 bits per heavy atom. The maximum atomic E-state index is 12.3. The normalized spacial score (nSPS) is 16.8.